The van der Waals surface area contributed by atoms with Crippen molar-refractivity contribution in [2.45, 2.75) is 27.7 Å². The second-order valence-corrected chi connectivity index (χ2v) is 8.97. The zero-order chi connectivity index (χ0) is 11.9. The molecule has 0 amide bonds. The summed E-state index contributed by atoms with van der Waals surface area (Å²) in [6.45, 7) is 8.94. The average molecular weight is 291 g/mol. The van der Waals surface area contributed by atoms with E-state index in [0.29, 0.717) is 0 Å². The molecule has 0 fully saturated rings. The first kappa shape index (κ1) is 12.1. The van der Waals surface area contributed by atoms with Gasteiger partial charge >= 0.3 is 111 Å². The fourth-order valence-corrected chi connectivity index (χ4v) is 6.13. The first-order valence-electron chi connectivity index (χ1n) is 5.52. The molecule has 3 heteroatoms. The molecule has 1 aliphatic heterocycles. The molecular weight excluding hydrogens is 275 g/mol. The summed E-state index contributed by atoms with van der Waals surface area (Å²) < 4.78 is 2.94. The monoisotopic (exact) mass is 291 g/mol. The molecule has 0 radical (unpaired) electrons. The van der Waals surface area contributed by atoms with Gasteiger partial charge in [0, 0.05) is 0 Å². The number of rotatable bonds is 0. The molecule has 1 aliphatic rings. The van der Waals surface area contributed by atoms with Crippen LogP contribution in [0.3, 0.4) is 0 Å². The van der Waals surface area contributed by atoms with Crippen molar-refractivity contribution >= 4 is 6.08 Å². The molecule has 1 N–H and O–H groups in total. The summed E-state index contributed by atoms with van der Waals surface area (Å²) in [4.78, 5) is 14.4. The topological polar surface area (TPSA) is 32.9 Å². The number of aromatic amines is 1. The molecule has 2 heterocycles. The molecule has 2 nitrogen and oxygen atoms in total. The number of nitrogens with one attached hydrogen (secondary N) is 1. The molecule has 0 saturated carbocycles. The minimum atomic E-state index is -0.977. The first-order chi connectivity index (χ1) is 7.39. The van der Waals surface area contributed by atoms with Gasteiger partial charge in [0.25, 0.3) is 0 Å². The molecule has 0 saturated heterocycles. The maximum atomic E-state index is 11.7. The van der Waals surface area contributed by atoms with Crippen LogP contribution in [0.15, 0.2) is 25.0 Å². The molecule has 0 aliphatic carbocycles. The Bertz CT molecular complexity index is 629. The second kappa shape index (κ2) is 4.16. The number of allylic oxidation sites excluding steroid dienone is 2. The summed E-state index contributed by atoms with van der Waals surface area (Å²) in [7, 11) is 0. The maximum absolute atomic E-state index is 11.7. The van der Waals surface area contributed by atoms with Crippen LogP contribution < -0.4 is 10.8 Å². The van der Waals surface area contributed by atoms with Gasteiger partial charge in [-0.25, -0.2) is 0 Å². The van der Waals surface area contributed by atoms with Gasteiger partial charge in [0.15, 0.2) is 0 Å². The van der Waals surface area contributed by atoms with Crippen LogP contribution >= 0.6 is 0 Å². The summed E-state index contributed by atoms with van der Waals surface area (Å²) >= 11 is -0.977. The van der Waals surface area contributed by atoms with Crippen LogP contribution in [-0.2, 0) is 28.7 Å². The Morgan fingerprint density at radius 2 is 2.00 bits per heavy atom. The van der Waals surface area contributed by atoms with E-state index in [-0.39, 0.29) is 11.0 Å². The van der Waals surface area contributed by atoms with E-state index in [1.807, 2.05) is 0 Å². The molecule has 2 rings (SSSR count). The molecule has 0 bridgehead atoms. The van der Waals surface area contributed by atoms with Gasteiger partial charge in [-0.3, -0.25) is 0 Å². The Morgan fingerprint density at radius 1 is 1.31 bits per heavy atom. The fraction of sp³-hybridized carbons (Fsp3) is 0.385. The molecule has 1 aromatic heterocycles. The van der Waals surface area contributed by atoms with Gasteiger partial charge in [-0.1, -0.05) is 0 Å². The predicted molar refractivity (Wildman–Crippen MR) is 62.1 cm³/mol. The Hall–Kier alpha value is -0.336. The third-order valence-corrected chi connectivity index (χ3v) is 8.89. The van der Waals surface area contributed by atoms with Crippen molar-refractivity contribution in [1.29, 1.82) is 0 Å². The zero-order valence-corrected chi connectivity index (χ0v) is 13.1. The molecular formula is C13H16NOY. The molecule has 0 aromatic carbocycles. The van der Waals surface area contributed by atoms with E-state index in [9.17, 15) is 4.79 Å². The Labute approximate surface area is 110 Å². The van der Waals surface area contributed by atoms with Crippen LogP contribution in [0.1, 0.15) is 27.7 Å². The van der Waals surface area contributed by atoms with Gasteiger partial charge in [0.05, 0.1) is 0 Å². The summed E-state index contributed by atoms with van der Waals surface area (Å²) in [5.41, 5.74) is 1.64. The van der Waals surface area contributed by atoms with Gasteiger partial charge in [-0.15, -0.1) is 0 Å². The van der Waals surface area contributed by atoms with Crippen LogP contribution in [0.5, 0.6) is 0 Å². The van der Waals surface area contributed by atoms with E-state index in [0.717, 1.165) is 5.22 Å². The van der Waals surface area contributed by atoms with Gasteiger partial charge < -0.3 is 0 Å². The summed E-state index contributed by atoms with van der Waals surface area (Å²) in [6.07, 6.45) is 3.84. The van der Waals surface area contributed by atoms with Crippen molar-refractivity contribution < 1.29 is 28.7 Å². The van der Waals surface area contributed by atoms with Crippen molar-refractivity contribution in [2.24, 2.45) is 5.41 Å². The average Bonchev–Trinajstić information content (AvgIpc) is 2.17. The molecule has 16 heavy (non-hydrogen) atoms. The van der Waals surface area contributed by atoms with E-state index in [1.54, 1.807) is 8.58 Å². The minimum absolute atomic E-state index is 0.0658. The van der Waals surface area contributed by atoms with Crippen LogP contribution in [0.25, 0.3) is 6.08 Å². The van der Waals surface area contributed by atoms with Crippen molar-refractivity contribution in [3.8, 4) is 0 Å². The SMILES string of the molecule is CC1=[C](C(C)(C)C)[Y]=[c]2cc[nH]c(=O)c2=C1. The van der Waals surface area contributed by atoms with Gasteiger partial charge in [-0.2, -0.15) is 0 Å². The number of aromatic nitrogens is 1. The van der Waals surface area contributed by atoms with Crippen molar-refractivity contribution in [1.82, 2.24) is 4.98 Å². The molecule has 1 aromatic rings. The van der Waals surface area contributed by atoms with Crippen LogP contribution in [0, 0.1) is 7.36 Å². The number of pyridine rings is 1. The summed E-state index contributed by atoms with van der Waals surface area (Å²) in [6, 6.07) is 2.09. The number of fused-ring (bicyclic) bond motifs is 1. The standard InChI is InChI=1S/C13H16NO.Y/c1-10(9-13(2,3)4)8-11-6-5-7-14-12(11)15;/h5,7-8H,1-4H3,(H,14,15);. The van der Waals surface area contributed by atoms with E-state index in [2.05, 4.69) is 44.8 Å². The van der Waals surface area contributed by atoms with Crippen molar-refractivity contribution in [3.63, 3.8) is 0 Å². The summed E-state index contributed by atoms with van der Waals surface area (Å²) in [5.74, 6) is 0. The number of hydrogen-bond donors (Lipinski definition) is 1. The van der Waals surface area contributed by atoms with Crippen molar-refractivity contribution in [3.05, 3.63) is 37.7 Å². The molecule has 0 unspecified atom stereocenters. The van der Waals surface area contributed by atoms with E-state index in [1.165, 1.54) is 7.52 Å². The zero-order valence-electron chi connectivity index (χ0n) is 10.2. The van der Waals surface area contributed by atoms with Gasteiger partial charge in [0.1, 0.15) is 0 Å². The Balaban J connectivity index is 2.80. The third kappa shape index (κ3) is 2.19. The Kier molecular flexibility index (Phi) is 3.15. The predicted octanol–water partition coefficient (Wildman–Crippen LogP) is 1.82. The van der Waals surface area contributed by atoms with Gasteiger partial charge in [-0.05, 0) is 0 Å². The van der Waals surface area contributed by atoms with Crippen LogP contribution in [-0.4, -0.2) is 4.98 Å². The molecule has 0 atom stereocenters. The molecule has 82 valence electrons. The molecule has 0 spiro atoms. The quantitative estimate of drug-likeness (QED) is 0.777. The van der Waals surface area contributed by atoms with E-state index < -0.39 is 28.7 Å². The van der Waals surface area contributed by atoms with Crippen LogP contribution in [0.4, 0.5) is 0 Å². The van der Waals surface area contributed by atoms with Crippen LogP contribution in [0.2, 0.25) is 0 Å². The van der Waals surface area contributed by atoms with E-state index >= 15 is 0 Å². The third-order valence-electron chi connectivity index (χ3n) is 2.93. The second-order valence-electron chi connectivity index (χ2n) is 5.31. The van der Waals surface area contributed by atoms with E-state index in [4.69, 9.17) is 0 Å². The first-order valence-corrected chi connectivity index (χ1v) is 8.36. The van der Waals surface area contributed by atoms with Gasteiger partial charge in [0.2, 0.25) is 0 Å². The number of H-pyrrole nitrogens is 1. The normalized spacial score (nSPS) is 14.8. The Morgan fingerprint density at radius 3 is 2.62 bits per heavy atom. The van der Waals surface area contributed by atoms with Crippen molar-refractivity contribution in [2.75, 3.05) is 0 Å². The fourth-order valence-electron chi connectivity index (χ4n) is 2.15. The summed E-state index contributed by atoms with van der Waals surface area (Å²) in [5, 5.41) is 0.911. The number of hydrogen-bond acceptors (Lipinski definition) is 1.